The molecule has 2 aliphatic rings. The van der Waals surface area contributed by atoms with Gasteiger partial charge in [-0.1, -0.05) is 0 Å². The van der Waals surface area contributed by atoms with Crippen molar-refractivity contribution in [2.24, 2.45) is 0 Å². The number of rotatable bonds is 9. The Bertz CT molecular complexity index is 997. The molecule has 2 aromatic heterocycles. The van der Waals surface area contributed by atoms with Crippen molar-refractivity contribution in [3.8, 4) is 0 Å². The summed E-state index contributed by atoms with van der Waals surface area (Å²) in [5.74, 6) is 0.0984. The number of aliphatic hydroxyl groups is 2. The largest absolute Gasteiger partial charge is 0.466 e. The van der Waals surface area contributed by atoms with Crippen molar-refractivity contribution in [3.63, 3.8) is 0 Å². The molecule has 0 radical (unpaired) electrons. The number of imidazole rings is 1. The van der Waals surface area contributed by atoms with Crippen molar-refractivity contribution >= 4 is 29.0 Å². The number of anilines is 1. The van der Waals surface area contributed by atoms with Gasteiger partial charge >= 0.3 is 12.1 Å². The van der Waals surface area contributed by atoms with Crippen LogP contribution in [0.25, 0.3) is 11.2 Å². The Morgan fingerprint density at radius 2 is 2.09 bits per heavy atom. The lowest BCUT2D eigenvalue weighted by molar-refractivity contribution is -0.142. The first kappa shape index (κ1) is 24.1. The first-order chi connectivity index (χ1) is 16.5. The number of carbonyl (C=O) groups is 2. The van der Waals surface area contributed by atoms with Crippen molar-refractivity contribution < 1.29 is 38.7 Å². The van der Waals surface area contributed by atoms with Crippen molar-refractivity contribution in [2.45, 2.75) is 50.3 Å². The molecule has 4 rings (SSSR count). The monoisotopic (exact) mass is 480 g/mol. The summed E-state index contributed by atoms with van der Waals surface area (Å²) in [4.78, 5) is 36.0. The van der Waals surface area contributed by atoms with Crippen LogP contribution in [0, 0.1) is 0 Å². The van der Waals surface area contributed by atoms with Crippen LogP contribution in [0.4, 0.5) is 10.6 Å². The number of carbonyl (C=O) groups excluding carboxylic acids is 2. The van der Waals surface area contributed by atoms with Gasteiger partial charge in [-0.05, 0) is 13.3 Å². The number of esters is 1. The zero-order chi connectivity index (χ0) is 24.1. The van der Waals surface area contributed by atoms with E-state index in [0.717, 1.165) is 6.42 Å². The zero-order valence-electron chi connectivity index (χ0n) is 18.6. The van der Waals surface area contributed by atoms with Crippen LogP contribution >= 0.6 is 0 Å². The van der Waals surface area contributed by atoms with Crippen LogP contribution in [0.3, 0.4) is 0 Å². The number of aliphatic hydroxyl groups excluding tert-OH is 2. The minimum atomic E-state index is -1.31. The topological polar surface area (TPSA) is 179 Å². The van der Waals surface area contributed by atoms with E-state index in [1.807, 2.05) is 0 Å². The molecule has 5 atom stereocenters. The molecule has 34 heavy (non-hydrogen) atoms. The van der Waals surface area contributed by atoms with Crippen LogP contribution in [0.15, 0.2) is 12.7 Å². The molecule has 0 spiro atoms. The van der Waals surface area contributed by atoms with Gasteiger partial charge in [0.15, 0.2) is 23.2 Å². The maximum Gasteiger partial charge on any atom is 0.407 e. The predicted molar refractivity (Wildman–Crippen MR) is 115 cm³/mol. The van der Waals surface area contributed by atoms with E-state index >= 15 is 0 Å². The second-order valence-corrected chi connectivity index (χ2v) is 7.88. The van der Waals surface area contributed by atoms with Gasteiger partial charge in [-0.3, -0.25) is 9.36 Å². The van der Waals surface area contributed by atoms with Crippen molar-refractivity contribution in [1.29, 1.82) is 0 Å². The molecule has 4 unspecified atom stereocenters. The Labute approximate surface area is 194 Å². The fourth-order valence-corrected chi connectivity index (χ4v) is 3.79. The second kappa shape index (κ2) is 10.9. The molecule has 0 aliphatic carbocycles. The molecule has 2 saturated heterocycles. The SMILES string of the molecule is CCOC(=O)CCNC(=O)OCC1OC(n2cnc3c(N[C@@H]4CCOC4)ncnc32)C(O)C1O. The Morgan fingerprint density at radius 3 is 2.85 bits per heavy atom. The normalized spacial score (nSPS) is 26.5. The van der Waals surface area contributed by atoms with E-state index in [2.05, 4.69) is 25.6 Å². The molecule has 2 aromatic rings. The van der Waals surface area contributed by atoms with Crippen LogP contribution in [0.1, 0.15) is 26.0 Å². The lowest BCUT2D eigenvalue weighted by Gasteiger charge is -2.17. The highest BCUT2D eigenvalue weighted by Gasteiger charge is 2.45. The molecule has 14 nitrogen and oxygen atoms in total. The molecular formula is C20H28N6O8. The summed E-state index contributed by atoms with van der Waals surface area (Å²) in [6.07, 6.45) is -1.73. The molecule has 2 fully saturated rings. The number of ether oxygens (including phenoxy) is 4. The average molecular weight is 480 g/mol. The van der Waals surface area contributed by atoms with E-state index in [0.29, 0.717) is 30.2 Å². The number of alkyl carbamates (subject to hydrolysis) is 1. The Hall–Kier alpha value is -3.07. The Balaban J connectivity index is 1.35. The maximum atomic E-state index is 11.9. The minimum Gasteiger partial charge on any atom is -0.466 e. The molecule has 186 valence electrons. The van der Waals surface area contributed by atoms with Gasteiger partial charge in [0.25, 0.3) is 0 Å². The van der Waals surface area contributed by atoms with Gasteiger partial charge in [-0.2, -0.15) is 0 Å². The highest BCUT2D eigenvalue weighted by atomic mass is 16.6. The first-order valence-electron chi connectivity index (χ1n) is 11.1. The fraction of sp³-hybridized carbons (Fsp3) is 0.650. The number of fused-ring (bicyclic) bond motifs is 1. The van der Waals surface area contributed by atoms with E-state index in [4.69, 9.17) is 18.9 Å². The summed E-state index contributed by atoms with van der Waals surface area (Å²) in [6.45, 7) is 2.93. The van der Waals surface area contributed by atoms with Crippen LogP contribution in [-0.2, 0) is 23.7 Å². The van der Waals surface area contributed by atoms with Gasteiger partial charge in [0.2, 0.25) is 0 Å². The highest BCUT2D eigenvalue weighted by molar-refractivity contribution is 5.82. The van der Waals surface area contributed by atoms with E-state index in [1.165, 1.54) is 17.2 Å². The molecule has 0 bridgehead atoms. The van der Waals surface area contributed by atoms with Crippen molar-refractivity contribution in [3.05, 3.63) is 12.7 Å². The molecule has 0 saturated carbocycles. The molecule has 0 aromatic carbocycles. The van der Waals surface area contributed by atoms with E-state index in [1.54, 1.807) is 6.92 Å². The third-order valence-electron chi connectivity index (χ3n) is 5.52. The van der Waals surface area contributed by atoms with Crippen LogP contribution < -0.4 is 10.6 Å². The third kappa shape index (κ3) is 5.35. The number of hydrogen-bond donors (Lipinski definition) is 4. The standard InChI is InChI=1S/C20H28N6O8/c1-2-32-13(27)3-5-21-20(30)33-8-12-15(28)16(29)19(34-12)26-10-24-14-17(22-9-23-18(14)26)25-11-4-6-31-7-11/h9-12,15-16,19,28-29H,2-8H2,1H3,(H,21,30)(H,22,23,25)/t11-,12?,15?,16?,19?/m1/s1. The van der Waals surface area contributed by atoms with Crippen LogP contribution in [0.5, 0.6) is 0 Å². The Morgan fingerprint density at radius 1 is 1.24 bits per heavy atom. The number of nitrogens with zero attached hydrogens (tertiary/aromatic N) is 4. The lowest BCUT2D eigenvalue weighted by atomic mass is 10.1. The predicted octanol–water partition coefficient (Wildman–Crippen LogP) is -0.674. The van der Waals surface area contributed by atoms with Gasteiger partial charge in [-0.15, -0.1) is 0 Å². The van der Waals surface area contributed by atoms with E-state index in [9.17, 15) is 19.8 Å². The smallest absolute Gasteiger partial charge is 0.407 e. The Kier molecular flexibility index (Phi) is 7.72. The van der Waals surface area contributed by atoms with E-state index < -0.39 is 36.6 Å². The van der Waals surface area contributed by atoms with Gasteiger partial charge < -0.3 is 39.8 Å². The molecule has 4 heterocycles. The van der Waals surface area contributed by atoms with Gasteiger partial charge in [0.05, 0.1) is 32.0 Å². The molecule has 4 N–H and O–H groups in total. The third-order valence-corrected chi connectivity index (χ3v) is 5.52. The number of hydrogen-bond acceptors (Lipinski definition) is 12. The summed E-state index contributed by atoms with van der Waals surface area (Å²) >= 11 is 0. The quantitative estimate of drug-likeness (QED) is 0.333. The summed E-state index contributed by atoms with van der Waals surface area (Å²) in [7, 11) is 0. The van der Waals surface area contributed by atoms with Crippen LogP contribution in [-0.4, -0.2) is 99.1 Å². The molecule has 2 aliphatic heterocycles. The number of amides is 1. The zero-order valence-corrected chi connectivity index (χ0v) is 18.6. The molecule has 1 amide bonds. The molecular weight excluding hydrogens is 452 g/mol. The molecule has 14 heteroatoms. The second-order valence-electron chi connectivity index (χ2n) is 7.88. The highest BCUT2D eigenvalue weighted by Crippen LogP contribution is 2.32. The van der Waals surface area contributed by atoms with Gasteiger partial charge in [0, 0.05) is 13.2 Å². The van der Waals surface area contributed by atoms with Crippen LogP contribution in [0.2, 0.25) is 0 Å². The van der Waals surface area contributed by atoms with E-state index in [-0.39, 0.29) is 32.2 Å². The summed E-state index contributed by atoms with van der Waals surface area (Å²) in [5.41, 5.74) is 0.895. The minimum absolute atomic E-state index is 0.00641. The number of aromatic nitrogens is 4. The maximum absolute atomic E-state index is 11.9. The summed E-state index contributed by atoms with van der Waals surface area (Å²) in [5, 5.41) is 26.7. The van der Waals surface area contributed by atoms with Gasteiger partial charge in [-0.25, -0.2) is 19.7 Å². The lowest BCUT2D eigenvalue weighted by Crippen LogP contribution is -2.36. The first-order valence-corrected chi connectivity index (χ1v) is 11.1. The number of nitrogens with one attached hydrogen (secondary N) is 2. The average Bonchev–Trinajstić information content (AvgIpc) is 3.54. The summed E-state index contributed by atoms with van der Waals surface area (Å²) < 4.78 is 22.5. The summed E-state index contributed by atoms with van der Waals surface area (Å²) in [6, 6.07) is 0.114. The van der Waals surface area contributed by atoms with Crippen molar-refractivity contribution in [1.82, 2.24) is 24.8 Å². The van der Waals surface area contributed by atoms with Gasteiger partial charge in [0.1, 0.15) is 31.2 Å². The fourth-order valence-electron chi connectivity index (χ4n) is 3.79. The van der Waals surface area contributed by atoms with Crippen molar-refractivity contribution in [2.75, 3.05) is 38.3 Å².